The van der Waals surface area contributed by atoms with Crippen LogP contribution in [0.15, 0.2) is 46.7 Å². The van der Waals surface area contributed by atoms with Crippen LogP contribution in [0.1, 0.15) is 60.8 Å². The molecule has 1 fully saturated rings. The molecular weight excluding hydrogens is 442 g/mol. The molecule has 0 saturated carbocycles. The van der Waals surface area contributed by atoms with Crippen molar-refractivity contribution in [1.29, 1.82) is 0 Å². The first-order valence-corrected chi connectivity index (χ1v) is 13.9. The summed E-state index contributed by atoms with van der Waals surface area (Å²) in [6, 6.07) is 10.9. The Morgan fingerprint density at radius 1 is 1.09 bits per heavy atom. The Labute approximate surface area is 196 Å². The lowest BCUT2D eigenvalue weighted by molar-refractivity contribution is 0.0987. The zero-order valence-electron chi connectivity index (χ0n) is 19.1. The number of nitrogens with one attached hydrogen (secondary N) is 1. The van der Waals surface area contributed by atoms with E-state index in [2.05, 4.69) is 41.6 Å². The molecule has 1 unspecified atom stereocenters. The van der Waals surface area contributed by atoms with Crippen LogP contribution in [0.2, 0.25) is 0 Å². The van der Waals surface area contributed by atoms with E-state index in [4.69, 9.17) is 0 Å². The van der Waals surface area contributed by atoms with Crippen molar-refractivity contribution < 1.29 is 13.2 Å². The van der Waals surface area contributed by atoms with Gasteiger partial charge in [-0.25, -0.2) is 8.42 Å². The molecule has 2 aromatic rings. The summed E-state index contributed by atoms with van der Waals surface area (Å²) in [5, 5.41) is 5.38. The van der Waals surface area contributed by atoms with E-state index in [9.17, 15) is 13.2 Å². The SMILES string of the molecule is CCN(CC)C(CNCC(=O)c1cccc(S(=O)(=O)N2CCCCCC2)c1)c1cccs1. The van der Waals surface area contributed by atoms with Crippen molar-refractivity contribution in [3.63, 3.8) is 0 Å². The van der Waals surface area contributed by atoms with Crippen LogP contribution in [0.5, 0.6) is 0 Å². The number of hydrogen-bond acceptors (Lipinski definition) is 6. The number of nitrogens with zero attached hydrogens (tertiary/aromatic N) is 2. The van der Waals surface area contributed by atoms with E-state index < -0.39 is 10.0 Å². The molecule has 1 aromatic carbocycles. The molecule has 2 heterocycles. The molecule has 32 heavy (non-hydrogen) atoms. The van der Waals surface area contributed by atoms with Gasteiger partial charge < -0.3 is 5.32 Å². The fourth-order valence-electron chi connectivity index (χ4n) is 4.24. The Bertz CT molecular complexity index is 949. The number of rotatable bonds is 11. The van der Waals surface area contributed by atoms with Crippen molar-refractivity contribution in [2.45, 2.75) is 50.5 Å². The maximum absolute atomic E-state index is 13.1. The predicted octanol–water partition coefficient (Wildman–Crippen LogP) is 4.17. The first-order valence-electron chi connectivity index (χ1n) is 11.6. The lowest BCUT2D eigenvalue weighted by Crippen LogP contribution is -2.37. The maximum Gasteiger partial charge on any atom is 0.243 e. The highest BCUT2D eigenvalue weighted by atomic mass is 32.2. The Hall–Kier alpha value is -1.58. The number of ketones is 1. The predicted molar refractivity (Wildman–Crippen MR) is 131 cm³/mol. The van der Waals surface area contributed by atoms with Gasteiger partial charge in [-0.15, -0.1) is 11.3 Å². The molecule has 6 nitrogen and oxygen atoms in total. The zero-order valence-corrected chi connectivity index (χ0v) is 20.8. The molecule has 1 saturated heterocycles. The van der Waals surface area contributed by atoms with E-state index >= 15 is 0 Å². The lowest BCUT2D eigenvalue weighted by Gasteiger charge is -2.29. The van der Waals surface area contributed by atoms with Crippen LogP contribution in [0.25, 0.3) is 0 Å². The summed E-state index contributed by atoms with van der Waals surface area (Å²) in [6.45, 7) is 8.11. The number of hydrogen-bond donors (Lipinski definition) is 1. The number of likely N-dealkylation sites (N-methyl/N-ethyl adjacent to an activating group) is 1. The van der Waals surface area contributed by atoms with Crippen molar-refractivity contribution >= 4 is 27.1 Å². The van der Waals surface area contributed by atoms with E-state index in [0.29, 0.717) is 25.2 Å². The van der Waals surface area contributed by atoms with Gasteiger partial charge in [0.15, 0.2) is 5.78 Å². The van der Waals surface area contributed by atoms with Gasteiger partial charge in [-0.2, -0.15) is 4.31 Å². The van der Waals surface area contributed by atoms with Crippen LogP contribution in [0, 0.1) is 0 Å². The second-order valence-electron chi connectivity index (χ2n) is 8.15. The van der Waals surface area contributed by atoms with Gasteiger partial charge in [-0.1, -0.05) is 44.9 Å². The standard InChI is InChI=1S/C24H35N3O3S2/c1-3-26(4-2)22(24-13-10-16-31-24)18-25-19-23(28)20-11-9-12-21(17-20)32(29,30)27-14-7-5-6-8-15-27/h9-13,16-17,22,25H,3-8,14-15,18-19H2,1-2H3. The number of carbonyl (C=O) groups is 1. The summed E-state index contributed by atoms with van der Waals surface area (Å²) in [7, 11) is -3.57. The first-order chi connectivity index (χ1) is 15.5. The fourth-order valence-corrected chi connectivity index (χ4v) is 6.66. The summed E-state index contributed by atoms with van der Waals surface area (Å²) < 4.78 is 27.7. The molecule has 0 aliphatic carbocycles. The van der Waals surface area contributed by atoms with Crippen LogP contribution < -0.4 is 5.32 Å². The van der Waals surface area contributed by atoms with Crippen LogP contribution >= 0.6 is 11.3 Å². The molecule has 176 valence electrons. The van der Waals surface area contributed by atoms with E-state index in [1.807, 2.05) is 0 Å². The van der Waals surface area contributed by atoms with Gasteiger partial charge in [0.05, 0.1) is 17.5 Å². The molecule has 1 aliphatic heterocycles. The van der Waals surface area contributed by atoms with Crippen molar-refractivity contribution in [3.8, 4) is 0 Å². The molecule has 1 aromatic heterocycles. The Kier molecular flexibility index (Phi) is 9.43. The number of thiophene rings is 1. The summed E-state index contributed by atoms with van der Waals surface area (Å²) in [5.41, 5.74) is 0.434. The van der Waals surface area contributed by atoms with Gasteiger partial charge in [-0.3, -0.25) is 9.69 Å². The normalized spacial score (nSPS) is 16.7. The topological polar surface area (TPSA) is 69.7 Å². The van der Waals surface area contributed by atoms with Crippen LogP contribution in [0.3, 0.4) is 0 Å². The molecule has 0 bridgehead atoms. The summed E-state index contributed by atoms with van der Waals surface area (Å²) in [4.78, 5) is 16.7. The molecule has 0 spiro atoms. The number of carbonyl (C=O) groups excluding carboxylic acids is 1. The van der Waals surface area contributed by atoms with E-state index in [1.54, 1.807) is 33.8 Å². The Balaban J connectivity index is 1.65. The second-order valence-corrected chi connectivity index (χ2v) is 11.1. The fraction of sp³-hybridized carbons (Fsp3) is 0.542. The molecule has 1 aliphatic rings. The highest BCUT2D eigenvalue weighted by Gasteiger charge is 2.26. The maximum atomic E-state index is 13.1. The Morgan fingerprint density at radius 3 is 2.44 bits per heavy atom. The minimum Gasteiger partial charge on any atom is -0.308 e. The lowest BCUT2D eigenvalue weighted by atomic mass is 10.1. The van der Waals surface area contributed by atoms with Gasteiger partial charge in [0.1, 0.15) is 0 Å². The molecule has 0 amide bonds. The molecular formula is C24H35N3O3S2. The molecule has 8 heteroatoms. The van der Waals surface area contributed by atoms with Crippen molar-refractivity contribution in [2.75, 3.05) is 39.3 Å². The van der Waals surface area contributed by atoms with Crippen molar-refractivity contribution in [1.82, 2.24) is 14.5 Å². The summed E-state index contributed by atoms with van der Waals surface area (Å²) >= 11 is 1.73. The largest absolute Gasteiger partial charge is 0.308 e. The summed E-state index contributed by atoms with van der Waals surface area (Å²) in [5.74, 6) is -0.0950. The van der Waals surface area contributed by atoms with E-state index in [1.165, 1.54) is 10.9 Å². The van der Waals surface area contributed by atoms with Gasteiger partial charge in [-0.05, 0) is 49.5 Å². The number of Topliss-reactive ketones (excluding diaryl/α,β-unsaturated/α-hetero) is 1. The van der Waals surface area contributed by atoms with Gasteiger partial charge in [0.25, 0.3) is 0 Å². The van der Waals surface area contributed by atoms with Crippen molar-refractivity contribution in [3.05, 3.63) is 52.2 Å². The number of benzene rings is 1. The second kappa shape index (κ2) is 12.0. The third-order valence-electron chi connectivity index (χ3n) is 6.11. The monoisotopic (exact) mass is 477 g/mol. The van der Waals surface area contributed by atoms with Gasteiger partial charge in [0, 0.05) is 30.1 Å². The third kappa shape index (κ3) is 6.26. The molecule has 3 rings (SSSR count). The van der Waals surface area contributed by atoms with Gasteiger partial charge in [0.2, 0.25) is 10.0 Å². The van der Waals surface area contributed by atoms with Crippen LogP contribution in [-0.4, -0.2) is 62.7 Å². The van der Waals surface area contributed by atoms with Crippen LogP contribution in [0.4, 0.5) is 0 Å². The summed E-state index contributed by atoms with van der Waals surface area (Å²) in [6.07, 6.45) is 3.91. The average molecular weight is 478 g/mol. The first kappa shape index (κ1) is 25.1. The smallest absolute Gasteiger partial charge is 0.243 e. The highest BCUT2D eigenvalue weighted by molar-refractivity contribution is 7.89. The third-order valence-corrected chi connectivity index (χ3v) is 8.97. The quantitative estimate of drug-likeness (QED) is 0.492. The van der Waals surface area contributed by atoms with Gasteiger partial charge >= 0.3 is 0 Å². The van der Waals surface area contributed by atoms with Crippen molar-refractivity contribution in [2.24, 2.45) is 0 Å². The Morgan fingerprint density at radius 2 is 1.81 bits per heavy atom. The minimum absolute atomic E-state index is 0.0950. The molecule has 0 radical (unpaired) electrons. The zero-order chi connectivity index (χ0) is 23.0. The van der Waals surface area contributed by atoms with E-state index in [0.717, 1.165) is 38.8 Å². The number of sulfonamides is 1. The molecule has 1 N–H and O–H groups in total. The van der Waals surface area contributed by atoms with Crippen LogP contribution in [-0.2, 0) is 10.0 Å². The minimum atomic E-state index is -3.57. The highest BCUT2D eigenvalue weighted by Crippen LogP contribution is 2.24. The average Bonchev–Trinajstić information content (AvgIpc) is 3.19. The molecule has 1 atom stereocenters. The van der Waals surface area contributed by atoms with E-state index in [-0.39, 0.29) is 23.3 Å².